The second kappa shape index (κ2) is 6.72. The Balaban J connectivity index is 2.21. The third kappa shape index (κ3) is 3.82. The summed E-state index contributed by atoms with van der Waals surface area (Å²) >= 11 is 0. The summed E-state index contributed by atoms with van der Waals surface area (Å²) in [6, 6.07) is 4.53. The number of nitrogens with zero attached hydrogens (tertiary/aromatic N) is 4. The second-order valence-corrected chi connectivity index (χ2v) is 5.76. The summed E-state index contributed by atoms with van der Waals surface area (Å²) in [7, 11) is 4.10. The molecule has 0 bridgehead atoms. The molecule has 2 heterocycles. The second-order valence-electron chi connectivity index (χ2n) is 5.76. The van der Waals surface area contributed by atoms with Crippen molar-refractivity contribution in [2.24, 2.45) is 7.05 Å². The average molecular weight is 287 g/mol. The van der Waals surface area contributed by atoms with Crippen LogP contribution in [0.3, 0.4) is 0 Å². The standard InChI is InChI=1S/C16H25N5/c1-12(2)18-10-15-13(3)19-21(5)16(15)20(4)11-14-7-6-8-17-9-14/h6-9,12,18H,10-11H2,1-5H3. The van der Waals surface area contributed by atoms with Crippen LogP contribution in [0, 0.1) is 6.92 Å². The molecule has 0 saturated heterocycles. The van der Waals surface area contributed by atoms with E-state index in [0.29, 0.717) is 6.04 Å². The van der Waals surface area contributed by atoms with E-state index >= 15 is 0 Å². The van der Waals surface area contributed by atoms with Gasteiger partial charge in [0.2, 0.25) is 0 Å². The van der Waals surface area contributed by atoms with E-state index in [4.69, 9.17) is 0 Å². The highest BCUT2D eigenvalue weighted by Gasteiger charge is 2.17. The van der Waals surface area contributed by atoms with Gasteiger partial charge < -0.3 is 10.2 Å². The fourth-order valence-electron chi connectivity index (χ4n) is 2.52. The molecule has 5 nitrogen and oxygen atoms in total. The molecule has 1 N–H and O–H groups in total. The van der Waals surface area contributed by atoms with Gasteiger partial charge in [0.1, 0.15) is 5.82 Å². The monoisotopic (exact) mass is 287 g/mol. The predicted molar refractivity (Wildman–Crippen MR) is 86.3 cm³/mol. The Hall–Kier alpha value is -1.88. The van der Waals surface area contributed by atoms with Crippen molar-refractivity contribution in [3.63, 3.8) is 0 Å². The van der Waals surface area contributed by atoms with Crippen LogP contribution in [0.1, 0.15) is 30.7 Å². The SMILES string of the molecule is Cc1nn(C)c(N(C)Cc2cccnc2)c1CNC(C)C. The van der Waals surface area contributed by atoms with E-state index in [0.717, 1.165) is 24.6 Å². The molecule has 0 aromatic carbocycles. The molecular formula is C16H25N5. The molecule has 0 aliphatic carbocycles. The van der Waals surface area contributed by atoms with Crippen LogP contribution >= 0.6 is 0 Å². The summed E-state index contributed by atoms with van der Waals surface area (Å²) in [6.45, 7) is 8.04. The fraction of sp³-hybridized carbons (Fsp3) is 0.500. The Morgan fingerprint density at radius 3 is 2.76 bits per heavy atom. The van der Waals surface area contributed by atoms with Gasteiger partial charge in [0.05, 0.1) is 5.69 Å². The molecule has 0 amide bonds. The summed E-state index contributed by atoms with van der Waals surface area (Å²) in [5.41, 5.74) is 3.54. The largest absolute Gasteiger partial charge is 0.355 e. The Bertz CT molecular complexity index is 574. The van der Waals surface area contributed by atoms with Gasteiger partial charge in [0.15, 0.2) is 0 Å². The minimum absolute atomic E-state index is 0.459. The Kier molecular flexibility index (Phi) is 4.96. The molecule has 0 aliphatic rings. The van der Waals surface area contributed by atoms with Crippen LogP contribution < -0.4 is 10.2 Å². The minimum Gasteiger partial charge on any atom is -0.355 e. The van der Waals surface area contributed by atoms with Gasteiger partial charge in [-0.3, -0.25) is 9.67 Å². The molecule has 0 saturated carbocycles. The highest BCUT2D eigenvalue weighted by molar-refractivity contribution is 5.50. The lowest BCUT2D eigenvalue weighted by atomic mass is 10.2. The molecule has 5 heteroatoms. The number of hydrogen-bond acceptors (Lipinski definition) is 4. The number of rotatable bonds is 6. The smallest absolute Gasteiger partial charge is 0.131 e. The summed E-state index contributed by atoms with van der Waals surface area (Å²) in [6.07, 6.45) is 3.71. The zero-order chi connectivity index (χ0) is 15.4. The van der Waals surface area contributed by atoms with Crippen LogP contribution in [-0.4, -0.2) is 27.9 Å². The lowest BCUT2D eigenvalue weighted by Gasteiger charge is -2.21. The van der Waals surface area contributed by atoms with Crippen molar-refractivity contribution in [1.82, 2.24) is 20.1 Å². The van der Waals surface area contributed by atoms with E-state index in [1.165, 1.54) is 11.1 Å². The van der Waals surface area contributed by atoms with E-state index < -0.39 is 0 Å². The molecular weight excluding hydrogens is 262 g/mol. The molecule has 114 valence electrons. The number of aryl methyl sites for hydroxylation is 2. The Labute approximate surface area is 127 Å². The first kappa shape index (κ1) is 15.5. The average Bonchev–Trinajstić information content (AvgIpc) is 2.71. The number of pyridine rings is 1. The predicted octanol–water partition coefficient (Wildman–Crippen LogP) is 2.26. The van der Waals surface area contributed by atoms with Gasteiger partial charge >= 0.3 is 0 Å². The fourth-order valence-corrected chi connectivity index (χ4v) is 2.52. The highest BCUT2D eigenvalue weighted by Crippen LogP contribution is 2.23. The van der Waals surface area contributed by atoms with Gasteiger partial charge in [0.25, 0.3) is 0 Å². The number of anilines is 1. The molecule has 0 atom stereocenters. The van der Waals surface area contributed by atoms with Crippen molar-refractivity contribution >= 4 is 5.82 Å². The number of aromatic nitrogens is 3. The first-order valence-electron chi connectivity index (χ1n) is 7.35. The van der Waals surface area contributed by atoms with Crippen LogP contribution in [0.4, 0.5) is 5.82 Å². The quantitative estimate of drug-likeness (QED) is 0.885. The van der Waals surface area contributed by atoms with Crippen molar-refractivity contribution in [1.29, 1.82) is 0 Å². The van der Waals surface area contributed by atoms with Gasteiger partial charge in [-0.25, -0.2) is 0 Å². The van der Waals surface area contributed by atoms with Gasteiger partial charge in [-0.15, -0.1) is 0 Å². The molecule has 0 fully saturated rings. The molecule has 0 radical (unpaired) electrons. The Morgan fingerprint density at radius 2 is 2.14 bits per heavy atom. The van der Waals surface area contributed by atoms with Crippen LogP contribution in [0.2, 0.25) is 0 Å². The Morgan fingerprint density at radius 1 is 1.38 bits per heavy atom. The van der Waals surface area contributed by atoms with Gasteiger partial charge in [-0.1, -0.05) is 19.9 Å². The molecule has 2 rings (SSSR count). The zero-order valence-corrected chi connectivity index (χ0v) is 13.6. The lowest BCUT2D eigenvalue weighted by Crippen LogP contribution is -2.25. The molecule has 2 aromatic rings. The van der Waals surface area contributed by atoms with Crippen LogP contribution in [0.5, 0.6) is 0 Å². The molecule has 21 heavy (non-hydrogen) atoms. The zero-order valence-electron chi connectivity index (χ0n) is 13.6. The van der Waals surface area contributed by atoms with Gasteiger partial charge in [0, 0.05) is 51.2 Å². The lowest BCUT2D eigenvalue weighted by molar-refractivity contribution is 0.586. The van der Waals surface area contributed by atoms with Crippen molar-refractivity contribution in [3.8, 4) is 0 Å². The number of hydrogen-bond donors (Lipinski definition) is 1. The molecule has 0 aliphatic heterocycles. The minimum atomic E-state index is 0.459. The summed E-state index contributed by atoms with van der Waals surface area (Å²) in [5.74, 6) is 1.16. The van der Waals surface area contributed by atoms with Crippen molar-refractivity contribution in [2.45, 2.75) is 39.9 Å². The first-order chi connectivity index (χ1) is 9.99. The maximum Gasteiger partial charge on any atom is 0.131 e. The van der Waals surface area contributed by atoms with Crippen LogP contribution in [0.25, 0.3) is 0 Å². The van der Waals surface area contributed by atoms with E-state index in [2.05, 4.69) is 54.2 Å². The van der Waals surface area contributed by atoms with E-state index in [-0.39, 0.29) is 0 Å². The maximum atomic E-state index is 4.57. The maximum absolute atomic E-state index is 4.57. The first-order valence-corrected chi connectivity index (χ1v) is 7.35. The number of nitrogens with one attached hydrogen (secondary N) is 1. The molecule has 0 spiro atoms. The van der Waals surface area contributed by atoms with Crippen molar-refractivity contribution < 1.29 is 0 Å². The summed E-state index contributed by atoms with van der Waals surface area (Å²) in [4.78, 5) is 6.41. The third-order valence-corrected chi connectivity index (χ3v) is 3.50. The normalized spacial score (nSPS) is 11.1. The van der Waals surface area contributed by atoms with Crippen LogP contribution in [-0.2, 0) is 20.1 Å². The van der Waals surface area contributed by atoms with E-state index in [9.17, 15) is 0 Å². The van der Waals surface area contributed by atoms with Gasteiger partial charge in [-0.05, 0) is 18.6 Å². The summed E-state index contributed by atoms with van der Waals surface area (Å²) in [5, 5.41) is 8.05. The van der Waals surface area contributed by atoms with E-state index in [1.54, 1.807) is 6.20 Å². The van der Waals surface area contributed by atoms with Crippen molar-refractivity contribution in [2.75, 3.05) is 11.9 Å². The topological polar surface area (TPSA) is 46.0 Å². The van der Waals surface area contributed by atoms with Crippen molar-refractivity contribution in [3.05, 3.63) is 41.3 Å². The third-order valence-electron chi connectivity index (χ3n) is 3.50. The van der Waals surface area contributed by atoms with E-state index in [1.807, 2.05) is 24.0 Å². The highest BCUT2D eigenvalue weighted by atomic mass is 15.4. The molecule has 2 aromatic heterocycles. The molecule has 0 unspecified atom stereocenters. The van der Waals surface area contributed by atoms with Gasteiger partial charge in [-0.2, -0.15) is 5.10 Å². The van der Waals surface area contributed by atoms with Crippen LogP contribution in [0.15, 0.2) is 24.5 Å². The summed E-state index contributed by atoms with van der Waals surface area (Å²) < 4.78 is 1.96.